The maximum atomic E-state index is 10.3. The van der Waals surface area contributed by atoms with Gasteiger partial charge < -0.3 is 9.84 Å². The highest BCUT2D eigenvalue weighted by molar-refractivity contribution is 7.07. The van der Waals surface area contributed by atoms with Crippen LogP contribution < -0.4 is 0 Å². The molecule has 1 unspecified atom stereocenters. The largest absolute Gasteiger partial charge is 0.384 e. The second-order valence-corrected chi connectivity index (χ2v) is 5.79. The Morgan fingerprint density at radius 3 is 2.42 bits per heavy atom. The topological polar surface area (TPSA) is 29.5 Å². The van der Waals surface area contributed by atoms with Crippen molar-refractivity contribution in [3.63, 3.8) is 0 Å². The highest BCUT2D eigenvalue weighted by Crippen LogP contribution is 2.29. The molecule has 1 N–H and O–H groups in total. The van der Waals surface area contributed by atoms with Gasteiger partial charge in [0.1, 0.15) is 6.10 Å². The summed E-state index contributed by atoms with van der Waals surface area (Å²) in [5.74, 6) is 0.612. The van der Waals surface area contributed by atoms with E-state index >= 15 is 0 Å². The zero-order valence-corrected chi connectivity index (χ0v) is 11.6. The van der Waals surface area contributed by atoms with Gasteiger partial charge in [0.05, 0.1) is 0 Å². The SMILES string of the molecule is OC(c1ccc(C2CCOCC2)cc1)c1ccsc1. The second-order valence-electron chi connectivity index (χ2n) is 5.01. The molecule has 1 aliphatic rings. The molecule has 0 spiro atoms. The Morgan fingerprint density at radius 2 is 1.79 bits per heavy atom. The lowest BCUT2D eigenvalue weighted by Crippen LogP contribution is -2.14. The Bertz CT molecular complexity index is 498. The molecule has 2 aromatic rings. The van der Waals surface area contributed by atoms with Crippen molar-refractivity contribution in [2.24, 2.45) is 0 Å². The van der Waals surface area contributed by atoms with Crippen molar-refractivity contribution >= 4 is 11.3 Å². The molecule has 0 amide bonds. The van der Waals surface area contributed by atoms with Gasteiger partial charge in [0.25, 0.3) is 0 Å². The minimum Gasteiger partial charge on any atom is -0.384 e. The molecule has 19 heavy (non-hydrogen) atoms. The van der Waals surface area contributed by atoms with Crippen LogP contribution in [0.1, 0.15) is 41.6 Å². The van der Waals surface area contributed by atoms with Crippen molar-refractivity contribution in [1.29, 1.82) is 0 Å². The number of hydrogen-bond acceptors (Lipinski definition) is 3. The standard InChI is InChI=1S/C16H18O2S/c17-16(15-7-10-19-11-15)14-3-1-12(2-4-14)13-5-8-18-9-6-13/h1-4,7,10-11,13,16-17H,5-6,8-9H2. The summed E-state index contributed by atoms with van der Waals surface area (Å²) < 4.78 is 5.39. The first-order valence-electron chi connectivity index (χ1n) is 6.72. The lowest BCUT2D eigenvalue weighted by Gasteiger charge is -2.22. The van der Waals surface area contributed by atoms with Crippen molar-refractivity contribution in [3.05, 3.63) is 57.8 Å². The molecular weight excluding hydrogens is 256 g/mol. The highest BCUT2D eigenvalue weighted by Gasteiger charge is 2.16. The third-order valence-electron chi connectivity index (χ3n) is 3.80. The molecular formula is C16H18O2S. The van der Waals surface area contributed by atoms with E-state index in [0.717, 1.165) is 37.2 Å². The normalized spacial score (nSPS) is 18.4. The average molecular weight is 274 g/mol. The first kappa shape index (κ1) is 12.9. The molecule has 3 rings (SSSR count). The van der Waals surface area contributed by atoms with Gasteiger partial charge in [-0.05, 0) is 52.3 Å². The van der Waals surface area contributed by atoms with E-state index in [2.05, 4.69) is 12.1 Å². The van der Waals surface area contributed by atoms with E-state index in [0.29, 0.717) is 5.92 Å². The van der Waals surface area contributed by atoms with Crippen LogP contribution in [0.2, 0.25) is 0 Å². The summed E-state index contributed by atoms with van der Waals surface area (Å²) in [5, 5.41) is 14.3. The molecule has 0 bridgehead atoms. The molecule has 1 fully saturated rings. The molecule has 2 heterocycles. The van der Waals surface area contributed by atoms with E-state index in [1.54, 1.807) is 11.3 Å². The van der Waals surface area contributed by atoms with Gasteiger partial charge in [-0.2, -0.15) is 11.3 Å². The third kappa shape index (κ3) is 2.89. The minimum atomic E-state index is -0.505. The molecule has 2 nitrogen and oxygen atoms in total. The van der Waals surface area contributed by atoms with Crippen molar-refractivity contribution in [3.8, 4) is 0 Å². The summed E-state index contributed by atoms with van der Waals surface area (Å²) in [6, 6.07) is 10.4. The van der Waals surface area contributed by atoms with E-state index < -0.39 is 6.10 Å². The number of rotatable bonds is 3. The van der Waals surface area contributed by atoms with Crippen LogP contribution in [0.3, 0.4) is 0 Å². The van der Waals surface area contributed by atoms with Crippen LogP contribution in [0.5, 0.6) is 0 Å². The number of ether oxygens (including phenoxy) is 1. The van der Waals surface area contributed by atoms with Crippen LogP contribution in [-0.2, 0) is 4.74 Å². The molecule has 1 aromatic carbocycles. The predicted molar refractivity (Wildman–Crippen MR) is 77.6 cm³/mol. The van der Waals surface area contributed by atoms with Crippen LogP contribution in [-0.4, -0.2) is 18.3 Å². The van der Waals surface area contributed by atoms with Crippen LogP contribution in [0.4, 0.5) is 0 Å². The Labute approximate surface area is 117 Å². The number of benzene rings is 1. The molecule has 0 aliphatic carbocycles. The second kappa shape index (κ2) is 5.87. The quantitative estimate of drug-likeness (QED) is 0.924. The summed E-state index contributed by atoms with van der Waals surface area (Å²) in [4.78, 5) is 0. The third-order valence-corrected chi connectivity index (χ3v) is 4.51. The molecule has 100 valence electrons. The Hall–Kier alpha value is -1.16. The minimum absolute atomic E-state index is 0.505. The highest BCUT2D eigenvalue weighted by atomic mass is 32.1. The fraction of sp³-hybridized carbons (Fsp3) is 0.375. The number of thiophene rings is 1. The van der Waals surface area contributed by atoms with Crippen LogP contribution in [0.25, 0.3) is 0 Å². The summed E-state index contributed by atoms with van der Waals surface area (Å²) in [6.45, 7) is 1.73. The summed E-state index contributed by atoms with van der Waals surface area (Å²) in [7, 11) is 0. The van der Waals surface area contributed by atoms with Gasteiger partial charge in [-0.15, -0.1) is 0 Å². The van der Waals surface area contributed by atoms with E-state index in [-0.39, 0.29) is 0 Å². The van der Waals surface area contributed by atoms with Gasteiger partial charge in [-0.3, -0.25) is 0 Å². The average Bonchev–Trinajstić information content (AvgIpc) is 3.02. The molecule has 1 aliphatic heterocycles. The van der Waals surface area contributed by atoms with E-state index in [4.69, 9.17) is 4.74 Å². The summed E-state index contributed by atoms with van der Waals surface area (Å²) in [6.07, 6.45) is 1.70. The van der Waals surface area contributed by atoms with Gasteiger partial charge in [0.2, 0.25) is 0 Å². The summed E-state index contributed by atoms with van der Waals surface area (Å²) >= 11 is 1.61. The van der Waals surface area contributed by atoms with Gasteiger partial charge in [0.15, 0.2) is 0 Å². The zero-order chi connectivity index (χ0) is 13.1. The van der Waals surface area contributed by atoms with Crippen molar-refractivity contribution < 1.29 is 9.84 Å². The molecule has 0 radical (unpaired) electrons. The van der Waals surface area contributed by atoms with Gasteiger partial charge >= 0.3 is 0 Å². The maximum absolute atomic E-state index is 10.3. The number of aliphatic hydroxyl groups is 1. The molecule has 1 atom stereocenters. The monoisotopic (exact) mass is 274 g/mol. The smallest absolute Gasteiger partial charge is 0.105 e. The molecule has 1 saturated heterocycles. The first-order valence-corrected chi connectivity index (χ1v) is 7.66. The Kier molecular flexibility index (Phi) is 3.97. The molecule has 3 heteroatoms. The lowest BCUT2D eigenvalue weighted by atomic mass is 9.90. The van der Waals surface area contributed by atoms with Crippen molar-refractivity contribution in [2.75, 3.05) is 13.2 Å². The van der Waals surface area contributed by atoms with Crippen LogP contribution in [0.15, 0.2) is 41.1 Å². The van der Waals surface area contributed by atoms with Gasteiger partial charge in [0, 0.05) is 13.2 Å². The summed E-state index contributed by atoms with van der Waals surface area (Å²) in [5.41, 5.74) is 3.31. The fourth-order valence-corrected chi connectivity index (χ4v) is 3.28. The van der Waals surface area contributed by atoms with Crippen molar-refractivity contribution in [1.82, 2.24) is 0 Å². The predicted octanol–water partition coefficient (Wildman–Crippen LogP) is 3.72. The Morgan fingerprint density at radius 1 is 1.05 bits per heavy atom. The number of aliphatic hydroxyl groups excluding tert-OH is 1. The van der Waals surface area contributed by atoms with Crippen molar-refractivity contribution in [2.45, 2.75) is 24.9 Å². The van der Waals surface area contributed by atoms with Crippen LogP contribution in [0, 0.1) is 0 Å². The molecule has 0 saturated carbocycles. The van der Waals surface area contributed by atoms with E-state index in [9.17, 15) is 5.11 Å². The fourth-order valence-electron chi connectivity index (χ4n) is 2.60. The van der Waals surface area contributed by atoms with Gasteiger partial charge in [-0.25, -0.2) is 0 Å². The lowest BCUT2D eigenvalue weighted by molar-refractivity contribution is 0.0853. The van der Waals surface area contributed by atoms with Crippen LogP contribution >= 0.6 is 11.3 Å². The Balaban J connectivity index is 1.75. The van der Waals surface area contributed by atoms with Gasteiger partial charge in [-0.1, -0.05) is 24.3 Å². The van der Waals surface area contributed by atoms with E-state index in [1.807, 2.05) is 29.0 Å². The zero-order valence-electron chi connectivity index (χ0n) is 10.8. The first-order chi connectivity index (χ1) is 9.34. The maximum Gasteiger partial charge on any atom is 0.105 e. The van der Waals surface area contributed by atoms with E-state index in [1.165, 1.54) is 5.56 Å². The molecule has 1 aromatic heterocycles. The number of hydrogen-bond donors (Lipinski definition) is 1.